The van der Waals surface area contributed by atoms with E-state index in [-0.39, 0.29) is 11.1 Å². The van der Waals surface area contributed by atoms with E-state index < -0.39 is 0 Å². The van der Waals surface area contributed by atoms with Crippen LogP contribution in [0.5, 0.6) is 0 Å². The summed E-state index contributed by atoms with van der Waals surface area (Å²) in [6, 6.07) is 11.5. The predicted octanol–water partition coefficient (Wildman–Crippen LogP) is 4.94. The predicted molar refractivity (Wildman–Crippen MR) is 99.2 cm³/mol. The van der Waals surface area contributed by atoms with Crippen molar-refractivity contribution in [2.24, 2.45) is 0 Å². The number of benzene rings is 1. The van der Waals surface area contributed by atoms with Crippen LogP contribution in [0.25, 0.3) is 27.4 Å². The van der Waals surface area contributed by atoms with Crippen molar-refractivity contribution >= 4 is 62.8 Å². The zero-order chi connectivity index (χ0) is 16.7. The number of nitrogens with zero attached hydrogens (tertiary/aromatic N) is 1. The quantitative estimate of drug-likeness (QED) is 0.647. The standard InChI is InChI=1S/C17H9ClN2O2S2/c18-15-4-3-13(23-15)10-5-6-19-12-2-1-9(7-11(10)12)8-14-16(21)20-17(22)24-14/h1-8H,(H,20,21,22)/b14-8-. The van der Waals surface area contributed by atoms with Crippen molar-refractivity contribution in [1.29, 1.82) is 0 Å². The van der Waals surface area contributed by atoms with Gasteiger partial charge in [-0.05, 0) is 53.7 Å². The molecule has 2 amide bonds. The summed E-state index contributed by atoms with van der Waals surface area (Å²) in [5.41, 5.74) is 2.74. The summed E-state index contributed by atoms with van der Waals surface area (Å²) in [6.07, 6.45) is 3.48. The Morgan fingerprint density at radius 2 is 2.00 bits per heavy atom. The molecule has 4 nitrogen and oxygen atoms in total. The second-order valence-electron chi connectivity index (χ2n) is 5.09. The van der Waals surface area contributed by atoms with Crippen molar-refractivity contribution in [2.75, 3.05) is 0 Å². The molecule has 0 atom stereocenters. The van der Waals surface area contributed by atoms with Crippen molar-refractivity contribution in [1.82, 2.24) is 10.3 Å². The Hall–Kier alpha value is -2.15. The Bertz CT molecular complexity index is 1030. The van der Waals surface area contributed by atoms with Gasteiger partial charge in [-0.1, -0.05) is 17.7 Å². The van der Waals surface area contributed by atoms with Gasteiger partial charge >= 0.3 is 0 Å². The van der Waals surface area contributed by atoms with Crippen molar-refractivity contribution in [3.63, 3.8) is 0 Å². The number of thiophene rings is 1. The van der Waals surface area contributed by atoms with Crippen LogP contribution in [0.3, 0.4) is 0 Å². The van der Waals surface area contributed by atoms with Gasteiger partial charge in [0.2, 0.25) is 0 Å². The molecule has 1 saturated heterocycles. The molecule has 2 aromatic heterocycles. The average molecular weight is 373 g/mol. The Morgan fingerprint density at radius 3 is 2.71 bits per heavy atom. The van der Waals surface area contributed by atoms with Crippen molar-refractivity contribution in [3.05, 3.63) is 57.4 Å². The molecule has 3 heterocycles. The topological polar surface area (TPSA) is 59.1 Å². The van der Waals surface area contributed by atoms with Crippen LogP contribution in [0.2, 0.25) is 4.34 Å². The maximum atomic E-state index is 11.7. The molecular formula is C17H9ClN2O2S2. The van der Waals surface area contributed by atoms with E-state index >= 15 is 0 Å². The Kier molecular flexibility index (Phi) is 3.88. The van der Waals surface area contributed by atoms with Gasteiger partial charge in [0.15, 0.2) is 0 Å². The van der Waals surface area contributed by atoms with E-state index in [9.17, 15) is 9.59 Å². The van der Waals surface area contributed by atoms with Gasteiger partial charge in [-0.15, -0.1) is 11.3 Å². The van der Waals surface area contributed by atoms with Gasteiger partial charge in [-0.2, -0.15) is 0 Å². The SMILES string of the molecule is O=C1NC(=O)/C(=C/c2ccc3nccc(-c4ccc(Cl)s4)c3c2)S1. The normalized spacial score (nSPS) is 16.1. The van der Waals surface area contributed by atoms with Crippen LogP contribution in [0.4, 0.5) is 4.79 Å². The van der Waals surface area contributed by atoms with E-state index in [1.54, 1.807) is 12.3 Å². The number of thioether (sulfide) groups is 1. The van der Waals surface area contributed by atoms with E-state index in [1.807, 2.05) is 36.4 Å². The highest BCUT2D eigenvalue weighted by Gasteiger charge is 2.24. The molecule has 0 bridgehead atoms. The number of halogens is 1. The number of pyridine rings is 1. The second-order valence-corrected chi connectivity index (χ2v) is 7.82. The molecule has 0 unspecified atom stereocenters. The van der Waals surface area contributed by atoms with Crippen LogP contribution in [0, 0.1) is 0 Å². The molecule has 1 aliphatic heterocycles. The van der Waals surface area contributed by atoms with Crippen LogP contribution < -0.4 is 5.32 Å². The van der Waals surface area contributed by atoms with Gasteiger partial charge in [0.25, 0.3) is 11.1 Å². The fourth-order valence-corrected chi connectivity index (χ4v) is 4.26. The summed E-state index contributed by atoms with van der Waals surface area (Å²) >= 11 is 8.46. The number of hydrogen-bond acceptors (Lipinski definition) is 5. The number of hydrogen-bond donors (Lipinski definition) is 1. The van der Waals surface area contributed by atoms with Crippen LogP contribution in [0.15, 0.2) is 47.5 Å². The maximum Gasteiger partial charge on any atom is 0.290 e. The van der Waals surface area contributed by atoms with Crippen molar-refractivity contribution < 1.29 is 9.59 Å². The third-order valence-corrected chi connectivity index (χ3v) is 5.62. The zero-order valence-corrected chi connectivity index (χ0v) is 14.5. The molecule has 0 aliphatic carbocycles. The van der Waals surface area contributed by atoms with Crippen LogP contribution >= 0.6 is 34.7 Å². The fraction of sp³-hybridized carbons (Fsp3) is 0. The third-order valence-electron chi connectivity index (χ3n) is 3.54. The highest BCUT2D eigenvalue weighted by molar-refractivity contribution is 8.18. The minimum absolute atomic E-state index is 0.345. The molecule has 118 valence electrons. The molecule has 1 aliphatic rings. The molecule has 0 spiro atoms. The van der Waals surface area contributed by atoms with Gasteiger partial charge in [-0.25, -0.2) is 0 Å². The molecule has 3 aromatic rings. The molecule has 7 heteroatoms. The van der Waals surface area contributed by atoms with Crippen LogP contribution in [-0.4, -0.2) is 16.1 Å². The maximum absolute atomic E-state index is 11.7. The molecule has 1 aromatic carbocycles. The van der Waals surface area contributed by atoms with Crippen LogP contribution in [0.1, 0.15) is 5.56 Å². The first-order valence-electron chi connectivity index (χ1n) is 6.99. The minimum Gasteiger partial charge on any atom is -0.282 e. The zero-order valence-electron chi connectivity index (χ0n) is 12.1. The number of fused-ring (bicyclic) bond motifs is 1. The smallest absolute Gasteiger partial charge is 0.282 e. The lowest BCUT2D eigenvalue weighted by molar-refractivity contribution is -0.115. The molecule has 1 fully saturated rings. The summed E-state index contributed by atoms with van der Waals surface area (Å²) in [5.74, 6) is -0.360. The highest BCUT2D eigenvalue weighted by Crippen LogP contribution is 2.35. The summed E-state index contributed by atoms with van der Waals surface area (Å²) in [6.45, 7) is 0. The van der Waals surface area contributed by atoms with Gasteiger partial charge in [0, 0.05) is 22.0 Å². The largest absolute Gasteiger partial charge is 0.290 e. The van der Waals surface area contributed by atoms with E-state index in [1.165, 1.54) is 11.3 Å². The first-order valence-corrected chi connectivity index (χ1v) is 9.00. The summed E-state index contributed by atoms with van der Waals surface area (Å²) < 4.78 is 0.728. The first-order chi connectivity index (χ1) is 11.6. The Labute approximate surface area is 150 Å². The number of aromatic nitrogens is 1. The molecule has 0 radical (unpaired) electrons. The monoisotopic (exact) mass is 372 g/mol. The van der Waals surface area contributed by atoms with E-state index in [4.69, 9.17) is 11.6 Å². The van der Waals surface area contributed by atoms with Gasteiger partial charge in [-0.3, -0.25) is 19.9 Å². The molecule has 24 heavy (non-hydrogen) atoms. The number of amides is 2. The molecule has 0 saturated carbocycles. The third kappa shape index (κ3) is 2.84. The van der Waals surface area contributed by atoms with Crippen molar-refractivity contribution in [2.45, 2.75) is 0 Å². The highest BCUT2D eigenvalue weighted by atomic mass is 35.5. The Morgan fingerprint density at radius 1 is 1.12 bits per heavy atom. The minimum atomic E-state index is -0.360. The lowest BCUT2D eigenvalue weighted by atomic mass is 10.0. The van der Waals surface area contributed by atoms with Crippen molar-refractivity contribution in [3.8, 4) is 10.4 Å². The Balaban J connectivity index is 1.84. The molecular weight excluding hydrogens is 364 g/mol. The summed E-state index contributed by atoms with van der Waals surface area (Å²) in [4.78, 5) is 28.8. The molecule has 4 rings (SSSR count). The average Bonchev–Trinajstić information content (AvgIpc) is 3.12. The number of nitrogens with one attached hydrogen (secondary N) is 1. The van der Waals surface area contributed by atoms with E-state index in [2.05, 4.69) is 10.3 Å². The number of carbonyl (C=O) groups is 2. The number of rotatable bonds is 2. The number of carbonyl (C=O) groups excluding carboxylic acids is 2. The molecule has 1 N–H and O–H groups in total. The van der Waals surface area contributed by atoms with E-state index in [0.29, 0.717) is 4.91 Å². The van der Waals surface area contributed by atoms with Gasteiger partial charge in [0.1, 0.15) is 0 Å². The summed E-state index contributed by atoms with van der Waals surface area (Å²) in [5, 5.41) is 2.88. The van der Waals surface area contributed by atoms with Crippen LogP contribution in [-0.2, 0) is 4.79 Å². The van der Waals surface area contributed by atoms with Gasteiger partial charge in [0.05, 0.1) is 14.8 Å². The number of imide groups is 1. The summed E-state index contributed by atoms with van der Waals surface area (Å²) in [7, 11) is 0. The fourth-order valence-electron chi connectivity index (χ4n) is 2.50. The van der Waals surface area contributed by atoms with E-state index in [0.717, 1.165) is 43.0 Å². The second kappa shape index (κ2) is 6.05. The lowest BCUT2D eigenvalue weighted by Crippen LogP contribution is -2.17. The first kappa shape index (κ1) is 15.4. The van der Waals surface area contributed by atoms with Gasteiger partial charge < -0.3 is 0 Å². The lowest BCUT2D eigenvalue weighted by Gasteiger charge is -2.05.